The van der Waals surface area contributed by atoms with E-state index in [0.29, 0.717) is 17.8 Å². The molecule has 19 heavy (non-hydrogen) atoms. The Morgan fingerprint density at radius 2 is 2.11 bits per heavy atom. The SMILES string of the molecule is CCCCCC(C)(C)CNC(=O)c1c(N)n[nH]c1C. The molecule has 1 rings (SSSR count). The number of hydrogen-bond acceptors (Lipinski definition) is 3. The molecule has 0 aromatic carbocycles. The zero-order valence-corrected chi connectivity index (χ0v) is 12.5. The number of aromatic nitrogens is 2. The highest BCUT2D eigenvalue weighted by atomic mass is 16.1. The van der Waals surface area contributed by atoms with E-state index in [2.05, 4.69) is 36.3 Å². The molecule has 0 saturated carbocycles. The molecular formula is C14H26N4O. The van der Waals surface area contributed by atoms with E-state index < -0.39 is 0 Å². The molecule has 0 spiro atoms. The first-order valence-electron chi connectivity index (χ1n) is 6.96. The summed E-state index contributed by atoms with van der Waals surface area (Å²) in [6.45, 7) is 8.99. The zero-order chi connectivity index (χ0) is 14.5. The minimum absolute atomic E-state index is 0.108. The number of unbranched alkanes of at least 4 members (excludes halogenated alkanes) is 2. The van der Waals surface area contributed by atoms with Gasteiger partial charge in [0.15, 0.2) is 5.82 Å². The molecule has 1 amide bonds. The van der Waals surface area contributed by atoms with Gasteiger partial charge in [-0.15, -0.1) is 0 Å². The number of nitrogens with zero attached hydrogens (tertiary/aromatic N) is 1. The highest BCUT2D eigenvalue weighted by Gasteiger charge is 2.21. The number of nitrogens with two attached hydrogens (primary N) is 1. The summed E-state index contributed by atoms with van der Waals surface area (Å²) in [5, 5.41) is 9.51. The molecule has 0 saturated heterocycles. The molecule has 1 aromatic heterocycles. The second kappa shape index (κ2) is 6.59. The van der Waals surface area contributed by atoms with Crippen molar-refractivity contribution in [2.75, 3.05) is 12.3 Å². The Hall–Kier alpha value is -1.52. The highest BCUT2D eigenvalue weighted by molar-refractivity contribution is 5.99. The van der Waals surface area contributed by atoms with Gasteiger partial charge in [-0.1, -0.05) is 40.0 Å². The van der Waals surface area contributed by atoms with Crippen molar-refractivity contribution < 1.29 is 4.79 Å². The molecule has 0 bridgehead atoms. The largest absolute Gasteiger partial charge is 0.382 e. The number of carbonyl (C=O) groups excluding carboxylic acids is 1. The summed E-state index contributed by atoms with van der Waals surface area (Å²) in [5.41, 5.74) is 6.95. The average molecular weight is 266 g/mol. The molecule has 5 heteroatoms. The lowest BCUT2D eigenvalue weighted by Crippen LogP contribution is -2.34. The monoisotopic (exact) mass is 266 g/mol. The fraction of sp³-hybridized carbons (Fsp3) is 0.714. The van der Waals surface area contributed by atoms with Crippen LogP contribution in [0.1, 0.15) is 62.5 Å². The maximum Gasteiger partial charge on any atom is 0.256 e. The Balaban J connectivity index is 2.50. The molecule has 0 unspecified atom stereocenters. The summed E-state index contributed by atoms with van der Waals surface area (Å²) in [6, 6.07) is 0. The summed E-state index contributed by atoms with van der Waals surface area (Å²) in [5.74, 6) is 0.117. The van der Waals surface area contributed by atoms with Gasteiger partial charge < -0.3 is 11.1 Å². The maximum absolute atomic E-state index is 12.1. The second-order valence-corrected chi connectivity index (χ2v) is 5.91. The third-order valence-electron chi connectivity index (χ3n) is 3.39. The van der Waals surface area contributed by atoms with E-state index in [1.54, 1.807) is 6.92 Å². The van der Waals surface area contributed by atoms with Gasteiger partial charge in [-0.05, 0) is 18.8 Å². The van der Waals surface area contributed by atoms with Crippen LogP contribution in [0.25, 0.3) is 0 Å². The van der Waals surface area contributed by atoms with Gasteiger partial charge in [0, 0.05) is 12.2 Å². The van der Waals surface area contributed by atoms with Crippen molar-refractivity contribution in [3.05, 3.63) is 11.3 Å². The van der Waals surface area contributed by atoms with Crippen molar-refractivity contribution in [1.82, 2.24) is 15.5 Å². The van der Waals surface area contributed by atoms with Crippen LogP contribution in [-0.4, -0.2) is 22.6 Å². The van der Waals surface area contributed by atoms with Crippen LogP contribution in [0.3, 0.4) is 0 Å². The molecule has 0 radical (unpaired) electrons. The number of nitrogen functional groups attached to an aromatic ring is 1. The smallest absolute Gasteiger partial charge is 0.256 e. The van der Waals surface area contributed by atoms with Crippen molar-refractivity contribution in [2.24, 2.45) is 5.41 Å². The Kier molecular flexibility index (Phi) is 5.39. The van der Waals surface area contributed by atoms with E-state index in [-0.39, 0.29) is 17.1 Å². The van der Waals surface area contributed by atoms with E-state index in [9.17, 15) is 4.79 Å². The van der Waals surface area contributed by atoms with Crippen LogP contribution in [0.15, 0.2) is 0 Å². The maximum atomic E-state index is 12.1. The van der Waals surface area contributed by atoms with Crippen molar-refractivity contribution in [3.8, 4) is 0 Å². The topological polar surface area (TPSA) is 83.8 Å². The lowest BCUT2D eigenvalue weighted by molar-refractivity contribution is 0.0934. The van der Waals surface area contributed by atoms with Crippen molar-refractivity contribution in [3.63, 3.8) is 0 Å². The number of hydrogen-bond donors (Lipinski definition) is 3. The number of nitrogens with one attached hydrogen (secondary N) is 2. The summed E-state index contributed by atoms with van der Waals surface area (Å²) < 4.78 is 0. The van der Waals surface area contributed by atoms with Gasteiger partial charge in [-0.3, -0.25) is 9.89 Å². The van der Waals surface area contributed by atoms with Crippen LogP contribution in [0.4, 0.5) is 5.82 Å². The molecule has 4 N–H and O–H groups in total. The molecule has 108 valence electrons. The van der Waals surface area contributed by atoms with Crippen LogP contribution in [0.2, 0.25) is 0 Å². The van der Waals surface area contributed by atoms with Crippen molar-refractivity contribution in [2.45, 2.75) is 53.4 Å². The van der Waals surface area contributed by atoms with Crippen molar-refractivity contribution >= 4 is 11.7 Å². The first kappa shape index (κ1) is 15.5. The Labute approximate surface area is 115 Å². The molecule has 5 nitrogen and oxygen atoms in total. The fourth-order valence-corrected chi connectivity index (χ4v) is 2.08. The lowest BCUT2D eigenvalue weighted by atomic mass is 9.87. The number of carbonyl (C=O) groups is 1. The molecule has 0 fully saturated rings. The minimum Gasteiger partial charge on any atom is -0.382 e. The second-order valence-electron chi connectivity index (χ2n) is 5.91. The third-order valence-corrected chi connectivity index (χ3v) is 3.39. The number of anilines is 1. The highest BCUT2D eigenvalue weighted by Crippen LogP contribution is 2.23. The van der Waals surface area contributed by atoms with Crippen molar-refractivity contribution in [1.29, 1.82) is 0 Å². The van der Waals surface area contributed by atoms with Crippen LogP contribution in [0.5, 0.6) is 0 Å². The van der Waals surface area contributed by atoms with E-state index in [1.807, 2.05) is 0 Å². The molecule has 0 aliphatic heterocycles. The third kappa shape index (κ3) is 4.58. The molecule has 1 heterocycles. The number of H-pyrrole nitrogens is 1. The molecule has 0 aliphatic carbocycles. The van der Waals surface area contributed by atoms with Crippen LogP contribution in [-0.2, 0) is 0 Å². The fourth-order valence-electron chi connectivity index (χ4n) is 2.08. The zero-order valence-electron chi connectivity index (χ0n) is 12.5. The summed E-state index contributed by atoms with van der Waals surface area (Å²) in [6.07, 6.45) is 4.77. The standard InChI is InChI=1S/C14H26N4O/c1-5-6-7-8-14(3,4)9-16-13(19)11-10(2)17-18-12(11)15/h5-9H2,1-4H3,(H,16,19)(H3,15,17,18). The van der Waals surface area contributed by atoms with E-state index in [4.69, 9.17) is 5.73 Å². The normalized spacial score (nSPS) is 11.6. The van der Waals surface area contributed by atoms with Gasteiger partial charge in [-0.25, -0.2) is 0 Å². The van der Waals surface area contributed by atoms with E-state index in [1.165, 1.54) is 19.3 Å². The molecular weight excluding hydrogens is 240 g/mol. The number of aromatic amines is 1. The van der Waals surface area contributed by atoms with Gasteiger partial charge in [0.25, 0.3) is 5.91 Å². The van der Waals surface area contributed by atoms with Crippen LogP contribution in [0, 0.1) is 12.3 Å². The van der Waals surface area contributed by atoms with E-state index >= 15 is 0 Å². The first-order chi connectivity index (χ1) is 8.87. The van der Waals surface area contributed by atoms with Crippen LogP contribution < -0.4 is 11.1 Å². The van der Waals surface area contributed by atoms with Gasteiger partial charge >= 0.3 is 0 Å². The van der Waals surface area contributed by atoms with Gasteiger partial charge in [-0.2, -0.15) is 5.10 Å². The minimum atomic E-state index is -0.146. The summed E-state index contributed by atoms with van der Waals surface area (Å²) in [7, 11) is 0. The first-order valence-corrected chi connectivity index (χ1v) is 6.96. The average Bonchev–Trinajstić information content (AvgIpc) is 2.66. The summed E-state index contributed by atoms with van der Waals surface area (Å²) >= 11 is 0. The van der Waals surface area contributed by atoms with Gasteiger partial charge in [0.2, 0.25) is 0 Å². The molecule has 0 aliphatic rings. The summed E-state index contributed by atoms with van der Waals surface area (Å²) in [4.78, 5) is 12.1. The Morgan fingerprint density at radius 1 is 1.42 bits per heavy atom. The molecule has 1 aromatic rings. The van der Waals surface area contributed by atoms with Crippen LogP contribution >= 0.6 is 0 Å². The number of aryl methyl sites for hydroxylation is 1. The number of rotatable bonds is 7. The lowest BCUT2D eigenvalue weighted by Gasteiger charge is -2.25. The van der Waals surface area contributed by atoms with Gasteiger partial charge in [0.1, 0.15) is 5.56 Å². The Morgan fingerprint density at radius 3 is 2.63 bits per heavy atom. The Bertz CT molecular complexity index is 404. The van der Waals surface area contributed by atoms with Gasteiger partial charge in [0.05, 0.1) is 0 Å². The predicted molar refractivity (Wildman–Crippen MR) is 78.0 cm³/mol. The quantitative estimate of drug-likeness (QED) is 0.663. The molecule has 0 atom stereocenters. The van der Waals surface area contributed by atoms with E-state index in [0.717, 1.165) is 6.42 Å². The predicted octanol–water partition coefficient (Wildman–Crippen LogP) is 2.64. The number of amides is 1.